The molecule has 0 aromatic carbocycles. The molecule has 1 heterocycles. The summed E-state index contributed by atoms with van der Waals surface area (Å²) in [6, 6.07) is 0. The lowest BCUT2D eigenvalue weighted by atomic mass is 10.2. The lowest BCUT2D eigenvalue weighted by Crippen LogP contribution is -2.12. The molecule has 0 spiro atoms. The number of carbonyl (C=O) groups is 1. The molecule has 2 rings (SSSR count). The maximum absolute atomic E-state index is 10.8. The summed E-state index contributed by atoms with van der Waals surface area (Å²) < 4.78 is 4.86. The number of nitrogens with two attached hydrogens (primary N) is 1. The summed E-state index contributed by atoms with van der Waals surface area (Å²) in [5.41, 5.74) is 5.45. The van der Waals surface area contributed by atoms with E-state index in [2.05, 4.69) is 10.1 Å². The first-order valence-corrected chi connectivity index (χ1v) is 5.54. The highest BCUT2D eigenvalue weighted by molar-refractivity contribution is 6.36. The van der Waals surface area contributed by atoms with E-state index >= 15 is 0 Å². The smallest absolute Gasteiger partial charge is 0.290 e. The fourth-order valence-electron chi connectivity index (χ4n) is 1.28. The number of aromatic nitrogens is 2. The number of nitrogens with zero attached hydrogens (tertiary/aromatic N) is 2. The van der Waals surface area contributed by atoms with Crippen molar-refractivity contribution in [3.05, 3.63) is 39.7 Å². The molecular formula is C10H7Cl2N3O3. The number of amides is 1. The van der Waals surface area contributed by atoms with Gasteiger partial charge in [0.15, 0.2) is 0 Å². The van der Waals surface area contributed by atoms with Crippen molar-refractivity contribution in [1.29, 1.82) is 0 Å². The van der Waals surface area contributed by atoms with Crippen molar-refractivity contribution in [2.45, 2.75) is 6.42 Å². The molecule has 0 radical (unpaired) electrons. The molecule has 94 valence electrons. The fraction of sp³-hybridized carbons (Fsp3) is 0.100. The van der Waals surface area contributed by atoms with Crippen molar-refractivity contribution < 1.29 is 14.4 Å². The molecule has 18 heavy (non-hydrogen) atoms. The van der Waals surface area contributed by atoms with Crippen LogP contribution in [0.15, 0.2) is 32.5 Å². The van der Waals surface area contributed by atoms with Crippen molar-refractivity contribution in [3.8, 4) is 0 Å². The Morgan fingerprint density at radius 1 is 1.50 bits per heavy atom. The minimum absolute atomic E-state index is 0.0441. The Bertz CT molecular complexity index is 601. The summed E-state index contributed by atoms with van der Waals surface area (Å²) in [6.45, 7) is 0. The number of allylic oxidation sites excluding steroid dienone is 5. The van der Waals surface area contributed by atoms with Crippen LogP contribution in [0.3, 0.4) is 0 Å². The predicted molar refractivity (Wildman–Crippen MR) is 64.9 cm³/mol. The van der Waals surface area contributed by atoms with Crippen LogP contribution < -0.4 is 5.73 Å². The van der Waals surface area contributed by atoms with E-state index < -0.39 is 5.91 Å². The third kappa shape index (κ3) is 2.39. The molecule has 0 atom stereocenters. The van der Waals surface area contributed by atoms with Crippen LogP contribution in [0.5, 0.6) is 0 Å². The molecule has 8 heteroatoms. The van der Waals surface area contributed by atoms with Gasteiger partial charge < -0.3 is 15.4 Å². The zero-order chi connectivity index (χ0) is 13.3. The van der Waals surface area contributed by atoms with E-state index in [0.29, 0.717) is 5.57 Å². The van der Waals surface area contributed by atoms with Gasteiger partial charge in [0, 0.05) is 12.0 Å². The van der Waals surface area contributed by atoms with E-state index in [1.807, 2.05) is 0 Å². The van der Waals surface area contributed by atoms with E-state index in [1.54, 1.807) is 6.08 Å². The molecule has 1 aromatic heterocycles. The van der Waals surface area contributed by atoms with E-state index in [9.17, 15) is 9.90 Å². The molecule has 0 fully saturated rings. The van der Waals surface area contributed by atoms with Gasteiger partial charge in [-0.2, -0.15) is 4.98 Å². The summed E-state index contributed by atoms with van der Waals surface area (Å²) in [6.07, 6.45) is 3.29. The van der Waals surface area contributed by atoms with E-state index in [1.165, 1.54) is 6.08 Å². The normalized spacial score (nSPS) is 16.1. The number of primary amides is 1. The van der Waals surface area contributed by atoms with Crippen molar-refractivity contribution in [2.24, 2.45) is 5.73 Å². The van der Waals surface area contributed by atoms with Crippen molar-refractivity contribution in [1.82, 2.24) is 10.1 Å². The third-order valence-corrected chi connectivity index (χ3v) is 2.78. The highest BCUT2D eigenvalue weighted by atomic mass is 35.5. The maximum Gasteiger partial charge on any atom is 0.290 e. The van der Waals surface area contributed by atoms with Gasteiger partial charge in [-0.1, -0.05) is 34.4 Å². The molecule has 0 bridgehead atoms. The van der Waals surface area contributed by atoms with Gasteiger partial charge in [-0.05, 0) is 6.08 Å². The number of carbonyl (C=O) groups excluding carboxylic acids is 1. The second-order valence-corrected chi connectivity index (χ2v) is 4.26. The zero-order valence-corrected chi connectivity index (χ0v) is 10.4. The quantitative estimate of drug-likeness (QED) is 0.867. The average molecular weight is 288 g/mol. The lowest BCUT2D eigenvalue weighted by molar-refractivity contribution is 0.0987. The Labute approximate surface area is 111 Å². The third-order valence-electron chi connectivity index (χ3n) is 2.16. The topological polar surface area (TPSA) is 102 Å². The van der Waals surface area contributed by atoms with Crippen LogP contribution >= 0.6 is 23.2 Å². The summed E-state index contributed by atoms with van der Waals surface area (Å²) in [4.78, 5) is 14.6. The van der Waals surface area contributed by atoms with Gasteiger partial charge >= 0.3 is 0 Å². The van der Waals surface area contributed by atoms with Gasteiger partial charge in [0.25, 0.3) is 17.6 Å². The summed E-state index contributed by atoms with van der Waals surface area (Å²) in [5.74, 6) is -1.17. The summed E-state index contributed by atoms with van der Waals surface area (Å²) in [7, 11) is 0. The van der Waals surface area contributed by atoms with Gasteiger partial charge in [-0.15, -0.1) is 0 Å². The Morgan fingerprint density at radius 2 is 2.22 bits per heavy atom. The van der Waals surface area contributed by atoms with Gasteiger partial charge in [0.05, 0.1) is 10.1 Å². The van der Waals surface area contributed by atoms with Crippen LogP contribution in [0.25, 0.3) is 5.57 Å². The van der Waals surface area contributed by atoms with Crippen LogP contribution in [0.2, 0.25) is 0 Å². The average Bonchev–Trinajstić information content (AvgIpc) is 2.77. The molecular weight excluding hydrogens is 281 g/mol. The highest BCUT2D eigenvalue weighted by Gasteiger charge is 2.17. The monoisotopic (exact) mass is 287 g/mol. The van der Waals surface area contributed by atoms with E-state index in [4.69, 9.17) is 33.5 Å². The predicted octanol–water partition coefficient (Wildman–Crippen LogP) is 2.09. The molecule has 1 amide bonds. The Hall–Kier alpha value is -1.79. The van der Waals surface area contributed by atoms with Gasteiger partial charge in [0.2, 0.25) is 0 Å². The van der Waals surface area contributed by atoms with Crippen LogP contribution in [-0.4, -0.2) is 21.2 Å². The second-order valence-electron chi connectivity index (χ2n) is 3.40. The minimum atomic E-state index is -0.798. The Morgan fingerprint density at radius 3 is 2.83 bits per heavy atom. The molecule has 1 aliphatic carbocycles. The molecule has 0 saturated heterocycles. The maximum atomic E-state index is 10.8. The standard InChI is InChI=1S/C10H7Cl2N3O3/c11-5-2-1-4(3-6(12)7(5)16)10-14-9(8(13)17)15-18-10/h1,3,16H,2H2,(H2,13,17). The van der Waals surface area contributed by atoms with Gasteiger partial charge in [0.1, 0.15) is 5.76 Å². The number of rotatable bonds is 2. The number of halogens is 2. The molecule has 3 N–H and O–H groups in total. The van der Waals surface area contributed by atoms with Crippen LogP contribution in [-0.2, 0) is 0 Å². The number of hydrogen-bond donors (Lipinski definition) is 2. The van der Waals surface area contributed by atoms with Crippen LogP contribution in [0.4, 0.5) is 0 Å². The first kappa shape index (κ1) is 12.7. The molecule has 0 saturated carbocycles. The number of aliphatic hydroxyl groups is 1. The van der Waals surface area contributed by atoms with Crippen molar-refractivity contribution in [3.63, 3.8) is 0 Å². The Kier molecular flexibility index (Phi) is 3.40. The SMILES string of the molecule is NC(=O)c1noc(C2=CCC(Cl)=C(O)C(Cl)=C2)n1. The fourth-order valence-corrected chi connectivity index (χ4v) is 1.74. The van der Waals surface area contributed by atoms with Crippen LogP contribution in [0.1, 0.15) is 22.9 Å². The summed E-state index contributed by atoms with van der Waals surface area (Å²) >= 11 is 11.6. The largest absolute Gasteiger partial charge is 0.505 e. The molecule has 6 nitrogen and oxygen atoms in total. The lowest BCUT2D eigenvalue weighted by Gasteiger charge is -1.97. The number of hydrogen-bond acceptors (Lipinski definition) is 5. The number of aliphatic hydroxyl groups excluding tert-OH is 1. The summed E-state index contributed by atoms with van der Waals surface area (Å²) in [5, 5.41) is 13.2. The minimum Gasteiger partial charge on any atom is -0.505 e. The van der Waals surface area contributed by atoms with Gasteiger partial charge in [-0.3, -0.25) is 4.79 Å². The van der Waals surface area contributed by atoms with Gasteiger partial charge in [-0.25, -0.2) is 0 Å². The van der Waals surface area contributed by atoms with Crippen molar-refractivity contribution in [2.75, 3.05) is 0 Å². The first-order valence-electron chi connectivity index (χ1n) is 4.78. The molecule has 1 aromatic rings. The second kappa shape index (κ2) is 4.83. The highest BCUT2D eigenvalue weighted by Crippen LogP contribution is 2.30. The van der Waals surface area contributed by atoms with E-state index in [-0.39, 0.29) is 34.0 Å². The molecule has 1 aliphatic rings. The molecule has 0 aliphatic heterocycles. The first-order chi connectivity index (χ1) is 8.49. The van der Waals surface area contributed by atoms with Crippen LogP contribution in [0, 0.1) is 0 Å². The Balaban J connectivity index is 2.38. The zero-order valence-electron chi connectivity index (χ0n) is 8.85. The molecule has 0 unspecified atom stereocenters. The van der Waals surface area contributed by atoms with Crippen molar-refractivity contribution >= 4 is 34.7 Å². The van der Waals surface area contributed by atoms with E-state index in [0.717, 1.165) is 0 Å².